The number of aromatic amines is 1. The number of carbonyl (C=O) groups excluding carboxylic acids is 3. The van der Waals surface area contributed by atoms with Crippen molar-refractivity contribution in [2.24, 2.45) is 0 Å². The summed E-state index contributed by atoms with van der Waals surface area (Å²) < 4.78 is 0. The lowest BCUT2D eigenvalue weighted by atomic mass is 9.62. The molecule has 252 valence electrons. The van der Waals surface area contributed by atoms with Gasteiger partial charge in [-0.2, -0.15) is 10.5 Å². The number of nitrogens with zero attached hydrogens (tertiary/aromatic N) is 5. The molecule has 2 fully saturated rings. The summed E-state index contributed by atoms with van der Waals surface area (Å²) in [7, 11) is 0. The minimum atomic E-state index is -0.913. The Bertz CT molecular complexity index is 1620. The molecule has 4 N–H and O–H groups in total. The third-order valence-corrected chi connectivity index (χ3v) is 10.5. The smallest absolute Gasteiger partial charge is 0.251 e. The molecule has 2 aromatic carbocycles. The number of hydrogen-bond donors (Lipinski definition) is 4. The lowest BCUT2D eigenvalue weighted by Gasteiger charge is -2.46. The number of hydrogen-bond acceptors (Lipinski definition) is 8. The van der Waals surface area contributed by atoms with Crippen molar-refractivity contribution in [2.45, 2.75) is 95.1 Å². The van der Waals surface area contributed by atoms with Crippen LogP contribution in [0.15, 0.2) is 36.4 Å². The monoisotopic (exact) mass is 651 g/mol. The van der Waals surface area contributed by atoms with E-state index in [4.69, 9.17) is 0 Å². The molecule has 1 saturated heterocycles. The molecule has 0 radical (unpaired) electrons. The summed E-state index contributed by atoms with van der Waals surface area (Å²) >= 11 is 0. The van der Waals surface area contributed by atoms with E-state index in [1.807, 2.05) is 50.2 Å². The Labute approximate surface area is 281 Å². The molecular formula is C36H45N9O3. The van der Waals surface area contributed by atoms with Crippen LogP contribution in [0.25, 0.3) is 0 Å². The number of tetrazole rings is 1. The van der Waals surface area contributed by atoms with Crippen molar-refractivity contribution in [2.75, 3.05) is 26.2 Å². The van der Waals surface area contributed by atoms with Gasteiger partial charge in [0.25, 0.3) is 11.8 Å². The molecule has 1 aromatic heterocycles. The topological polar surface area (TPSA) is 169 Å². The average molecular weight is 652 g/mol. The van der Waals surface area contributed by atoms with Gasteiger partial charge in [-0.25, -0.2) is 0 Å². The number of aromatic nitrogens is 4. The summed E-state index contributed by atoms with van der Waals surface area (Å²) in [5, 5.41) is 35.3. The standard InChI is InChI=1S/C36H45N9O3/c1-3-38-32(47)26-12-14-29-24(19-26)10-11-25-20-27(33(48)39-4-2)13-15-30(25)36(29,34-41-43-44-42-34)23-35(16-6-5-7-17-35)40-22-31(46)45-18-8-9-28(45)21-37/h12-15,19-20,28,40H,3-11,16-18,22-23H2,1-2H3,(H,38,47)(H,39,48)(H,41,42,43,44). The van der Waals surface area contributed by atoms with E-state index in [1.54, 1.807) is 4.90 Å². The number of carbonyl (C=O) groups is 3. The molecule has 3 aromatic rings. The SMILES string of the molecule is CCNC(=O)c1ccc2c(c1)CCc1cc(C(=O)NCC)ccc1C2(CC1(NCC(=O)N2CCCC2C#N)CCCCC1)c1nn[nH]n1. The Balaban J connectivity index is 1.50. The minimum absolute atomic E-state index is 0.0579. The second-order valence-electron chi connectivity index (χ2n) is 13.3. The van der Waals surface area contributed by atoms with Crippen LogP contribution < -0.4 is 16.0 Å². The van der Waals surface area contributed by atoms with Crippen LogP contribution in [0.4, 0.5) is 0 Å². The number of rotatable bonds is 10. The highest BCUT2D eigenvalue weighted by atomic mass is 16.2. The van der Waals surface area contributed by atoms with E-state index in [2.05, 4.69) is 42.6 Å². The van der Waals surface area contributed by atoms with Gasteiger partial charge in [0, 0.05) is 36.3 Å². The lowest BCUT2D eigenvalue weighted by molar-refractivity contribution is -0.130. The molecule has 1 unspecified atom stereocenters. The van der Waals surface area contributed by atoms with Crippen LogP contribution in [-0.2, 0) is 23.1 Å². The summed E-state index contributed by atoms with van der Waals surface area (Å²) in [5.74, 6) is 0.183. The van der Waals surface area contributed by atoms with Crippen LogP contribution in [0.1, 0.15) is 114 Å². The number of benzene rings is 2. The van der Waals surface area contributed by atoms with Crippen molar-refractivity contribution in [3.05, 3.63) is 75.6 Å². The van der Waals surface area contributed by atoms with Crippen LogP contribution in [0.5, 0.6) is 0 Å². The van der Waals surface area contributed by atoms with E-state index < -0.39 is 11.0 Å². The van der Waals surface area contributed by atoms with Crippen molar-refractivity contribution in [3.63, 3.8) is 0 Å². The van der Waals surface area contributed by atoms with Crippen molar-refractivity contribution in [1.29, 1.82) is 5.26 Å². The first-order valence-corrected chi connectivity index (χ1v) is 17.4. The maximum Gasteiger partial charge on any atom is 0.251 e. The first kappa shape index (κ1) is 33.3. The van der Waals surface area contributed by atoms with Crippen molar-refractivity contribution >= 4 is 17.7 Å². The highest BCUT2D eigenvalue weighted by Gasteiger charge is 2.50. The zero-order valence-electron chi connectivity index (χ0n) is 27.9. The average Bonchev–Trinajstić information content (AvgIpc) is 3.81. The number of nitrogens with one attached hydrogen (secondary N) is 4. The maximum atomic E-state index is 13.6. The summed E-state index contributed by atoms with van der Waals surface area (Å²) in [4.78, 5) is 41.3. The molecule has 1 aliphatic heterocycles. The second-order valence-corrected chi connectivity index (χ2v) is 13.3. The van der Waals surface area contributed by atoms with E-state index >= 15 is 0 Å². The van der Waals surface area contributed by atoms with E-state index in [9.17, 15) is 19.6 Å². The van der Waals surface area contributed by atoms with E-state index in [0.717, 1.165) is 60.8 Å². The molecule has 0 bridgehead atoms. The Kier molecular flexibility index (Phi) is 9.87. The lowest BCUT2D eigenvalue weighted by Crippen LogP contribution is -2.55. The molecule has 48 heavy (non-hydrogen) atoms. The molecule has 12 nitrogen and oxygen atoms in total. The minimum Gasteiger partial charge on any atom is -0.352 e. The number of H-pyrrole nitrogens is 1. The molecule has 1 atom stereocenters. The number of nitriles is 1. The van der Waals surface area contributed by atoms with Gasteiger partial charge in [0.15, 0.2) is 5.82 Å². The van der Waals surface area contributed by atoms with Crippen LogP contribution >= 0.6 is 0 Å². The zero-order chi connectivity index (χ0) is 33.7. The molecular weight excluding hydrogens is 606 g/mol. The number of fused-ring (bicyclic) bond motifs is 2. The normalized spacial score (nSPS) is 19.4. The molecule has 2 aliphatic carbocycles. The zero-order valence-corrected chi connectivity index (χ0v) is 27.9. The fourth-order valence-corrected chi connectivity index (χ4v) is 8.23. The van der Waals surface area contributed by atoms with Gasteiger partial charge in [-0.1, -0.05) is 36.6 Å². The van der Waals surface area contributed by atoms with Gasteiger partial charge in [0.2, 0.25) is 5.91 Å². The van der Waals surface area contributed by atoms with Crippen molar-refractivity contribution in [1.82, 2.24) is 41.5 Å². The Morgan fingerprint density at radius 2 is 1.56 bits per heavy atom. The highest BCUT2D eigenvalue weighted by Crippen LogP contribution is 2.51. The number of aryl methyl sites for hydroxylation is 2. The summed E-state index contributed by atoms with van der Waals surface area (Å²) in [6.45, 7) is 5.58. The summed E-state index contributed by atoms with van der Waals surface area (Å²) in [6, 6.07) is 13.7. The van der Waals surface area contributed by atoms with Crippen LogP contribution in [-0.4, -0.2) is 81.0 Å². The van der Waals surface area contributed by atoms with E-state index in [0.29, 0.717) is 62.3 Å². The largest absolute Gasteiger partial charge is 0.352 e. The summed E-state index contributed by atoms with van der Waals surface area (Å²) in [5.41, 5.74) is 3.79. The van der Waals surface area contributed by atoms with Gasteiger partial charge in [0.05, 0.1) is 18.0 Å². The number of likely N-dealkylation sites (tertiary alicyclic amines) is 1. The first-order chi connectivity index (χ1) is 23.3. The molecule has 12 heteroatoms. The molecule has 2 heterocycles. The van der Waals surface area contributed by atoms with Crippen LogP contribution in [0.2, 0.25) is 0 Å². The fraction of sp³-hybridized carbons (Fsp3) is 0.528. The van der Waals surface area contributed by atoms with Gasteiger partial charge in [-0.05, 0) is 105 Å². The Morgan fingerprint density at radius 3 is 2.10 bits per heavy atom. The van der Waals surface area contributed by atoms with Gasteiger partial charge in [0.1, 0.15) is 6.04 Å². The molecule has 0 spiro atoms. The van der Waals surface area contributed by atoms with Crippen molar-refractivity contribution < 1.29 is 14.4 Å². The predicted molar refractivity (Wildman–Crippen MR) is 179 cm³/mol. The van der Waals surface area contributed by atoms with Gasteiger partial charge >= 0.3 is 0 Å². The molecule has 6 rings (SSSR count). The maximum absolute atomic E-state index is 13.6. The summed E-state index contributed by atoms with van der Waals surface area (Å²) in [6.07, 6.45) is 8.18. The van der Waals surface area contributed by atoms with Crippen LogP contribution in [0.3, 0.4) is 0 Å². The van der Waals surface area contributed by atoms with E-state index in [1.165, 1.54) is 0 Å². The fourth-order valence-electron chi connectivity index (χ4n) is 8.23. The molecule has 3 aliphatic rings. The third-order valence-electron chi connectivity index (χ3n) is 10.5. The quantitative estimate of drug-likeness (QED) is 0.259. The van der Waals surface area contributed by atoms with Crippen LogP contribution in [0, 0.1) is 11.3 Å². The number of amides is 3. The van der Waals surface area contributed by atoms with Gasteiger partial charge in [-0.3, -0.25) is 14.4 Å². The highest BCUT2D eigenvalue weighted by molar-refractivity contribution is 5.95. The first-order valence-electron chi connectivity index (χ1n) is 17.4. The molecule has 3 amide bonds. The second kappa shape index (κ2) is 14.2. The van der Waals surface area contributed by atoms with Gasteiger partial charge in [-0.15, -0.1) is 10.2 Å². The van der Waals surface area contributed by atoms with E-state index in [-0.39, 0.29) is 30.3 Å². The molecule has 1 saturated carbocycles. The Hall–Kier alpha value is -4.63. The van der Waals surface area contributed by atoms with Gasteiger partial charge < -0.3 is 20.9 Å². The predicted octanol–water partition coefficient (Wildman–Crippen LogP) is 3.33. The Morgan fingerprint density at radius 1 is 0.938 bits per heavy atom. The van der Waals surface area contributed by atoms with Crippen molar-refractivity contribution in [3.8, 4) is 6.07 Å². The third kappa shape index (κ3) is 6.31.